The molecule has 1 heterocycles. The van der Waals surface area contributed by atoms with Crippen LogP contribution >= 0.6 is 0 Å². The number of fused-ring (bicyclic) bond motifs is 4. The number of aryl methyl sites for hydroxylation is 1. The van der Waals surface area contributed by atoms with E-state index in [1.165, 1.54) is 67.3 Å². The summed E-state index contributed by atoms with van der Waals surface area (Å²) in [5.41, 5.74) is 14.4. The van der Waals surface area contributed by atoms with E-state index in [1.807, 2.05) is 6.20 Å². The fraction of sp³-hybridized carbons (Fsp3) is 0.353. The Morgan fingerprint density at radius 1 is 1.09 bits per heavy atom. The van der Waals surface area contributed by atoms with Crippen molar-refractivity contribution in [2.24, 2.45) is 5.92 Å². The van der Waals surface area contributed by atoms with E-state index >= 15 is 0 Å². The molecule has 5 rings (SSSR count). The first-order valence-electron chi connectivity index (χ1n) is 13.5. The van der Waals surface area contributed by atoms with Gasteiger partial charge in [-0.3, -0.25) is 0 Å². The first kappa shape index (κ1) is 23.7. The topological polar surface area (TPSA) is 15.8 Å². The highest BCUT2D eigenvalue weighted by atomic mass is 14.7. The van der Waals surface area contributed by atoms with E-state index in [4.69, 9.17) is 0 Å². The Bertz CT molecular complexity index is 1250. The molecular weight excluding hydrogens is 422 g/mol. The molecule has 2 aromatic rings. The molecule has 0 saturated heterocycles. The van der Waals surface area contributed by atoms with Crippen molar-refractivity contribution in [1.82, 2.24) is 4.98 Å². The maximum Gasteiger partial charge on any atom is 0.0265 e. The van der Waals surface area contributed by atoms with Gasteiger partial charge >= 0.3 is 0 Å². The third-order valence-corrected chi connectivity index (χ3v) is 7.86. The van der Waals surface area contributed by atoms with Gasteiger partial charge in [0, 0.05) is 18.3 Å². The Balaban J connectivity index is 1.24. The summed E-state index contributed by atoms with van der Waals surface area (Å²) in [7, 11) is 0. The third kappa shape index (κ3) is 5.30. The minimum Gasteiger partial charge on any atom is -0.364 e. The lowest BCUT2D eigenvalue weighted by molar-refractivity contribution is 0.586. The van der Waals surface area contributed by atoms with E-state index in [-0.39, 0.29) is 0 Å². The highest BCUT2D eigenvalue weighted by molar-refractivity contribution is 5.65. The normalized spacial score (nSPS) is 19.0. The van der Waals surface area contributed by atoms with Gasteiger partial charge in [0.25, 0.3) is 0 Å². The molecule has 1 aromatic carbocycles. The second-order valence-corrected chi connectivity index (χ2v) is 10.7. The molecule has 1 aromatic heterocycles. The van der Waals surface area contributed by atoms with Crippen LogP contribution in [0.25, 0.3) is 12.2 Å². The van der Waals surface area contributed by atoms with Gasteiger partial charge in [-0.25, -0.2) is 0 Å². The van der Waals surface area contributed by atoms with Crippen molar-refractivity contribution < 1.29 is 0 Å². The SMILES string of the molecule is C=C(C)C(/C=C\C=C/CC(C)Cc1cc2c(c3c1C=CCC3)CCCC2)=C1/C=Cc2cc[nH]c2C1. The van der Waals surface area contributed by atoms with Gasteiger partial charge in [-0.2, -0.15) is 0 Å². The number of H-pyrrole nitrogens is 1. The number of aromatic amines is 1. The van der Waals surface area contributed by atoms with Crippen molar-refractivity contribution >= 4 is 12.2 Å². The standard InChI is InChI=1S/C34H39N/c1-24(2)30(28-18-17-26-19-20-35-34(26)23-28)13-6-4-5-11-25(3)21-29-22-27-12-7-8-14-31(27)33-16-10-9-15-32(29)33/h4-6,9,13,15,17-20,22,25,35H,1,7-8,10-12,14,16,21,23H2,2-3H3/b5-4-,13-6-,30-28-. The van der Waals surface area contributed by atoms with Crippen LogP contribution in [0.4, 0.5) is 0 Å². The van der Waals surface area contributed by atoms with E-state index in [0.717, 1.165) is 18.4 Å². The van der Waals surface area contributed by atoms with Crippen molar-refractivity contribution in [2.45, 2.75) is 71.6 Å². The molecule has 1 nitrogen and oxygen atoms in total. The molecule has 35 heavy (non-hydrogen) atoms. The molecule has 0 aliphatic heterocycles. The second kappa shape index (κ2) is 10.7. The van der Waals surface area contributed by atoms with Crippen LogP contribution in [0.15, 0.2) is 78.1 Å². The van der Waals surface area contributed by atoms with Crippen LogP contribution in [-0.2, 0) is 32.1 Å². The van der Waals surface area contributed by atoms with Crippen LogP contribution in [0, 0.1) is 5.92 Å². The van der Waals surface area contributed by atoms with Crippen LogP contribution < -0.4 is 0 Å². The van der Waals surface area contributed by atoms with E-state index in [9.17, 15) is 0 Å². The molecule has 1 unspecified atom stereocenters. The Hall–Kier alpha value is -3.06. The molecule has 1 atom stereocenters. The number of hydrogen-bond donors (Lipinski definition) is 1. The first-order valence-corrected chi connectivity index (χ1v) is 13.5. The van der Waals surface area contributed by atoms with Gasteiger partial charge in [0.2, 0.25) is 0 Å². The summed E-state index contributed by atoms with van der Waals surface area (Å²) in [4.78, 5) is 3.37. The fourth-order valence-corrected chi connectivity index (χ4v) is 6.04. The largest absolute Gasteiger partial charge is 0.364 e. The molecule has 3 aliphatic carbocycles. The lowest BCUT2D eigenvalue weighted by Gasteiger charge is -2.26. The van der Waals surface area contributed by atoms with Crippen LogP contribution in [0.1, 0.15) is 78.6 Å². The molecule has 180 valence electrons. The number of benzene rings is 1. The third-order valence-electron chi connectivity index (χ3n) is 7.86. The van der Waals surface area contributed by atoms with Crippen molar-refractivity contribution in [3.8, 4) is 0 Å². The molecule has 0 fully saturated rings. The monoisotopic (exact) mass is 461 g/mol. The molecule has 0 saturated carbocycles. The Kier molecular flexibility index (Phi) is 7.23. The van der Waals surface area contributed by atoms with E-state index in [2.05, 4.69) is 86.2 Å². The highest BCUT2D eigenvalue weighted by Crippen LogP contribution is 2.35. The lowest BCUT2D eigenvalue weighted by Crippen LogP contribution is -2.13. The molecule has 0 spiro atoms. The zero-order valence-electron chi connectivity index (χ0n) is 21.5. The van der Waals surface area contributed by atoms with Gasteiger partial charge in [-0.05, 0) is 115 Å². The molecule has 0 amide bonds. The zero-order valence-corrected chi connectivity index (χ0v) is 21.5. The predicted octanol–water partition coefficient (Wildman–Crippen LogP) is 8.68. The molecule has 1 N–H and O–H groups in total. The zero-order chi connectivity index (χ0) is 24.2. The summed E-state index contributed by atoms with van der Waals surface area (Å²) in [5, 5.41) is 0. The van der Waals surface area contributed by atoms with E-state index in [1.54, 1.807) is 27.8 Å². The van der Waals surface area contributed by atoms with Crippen molar-refractivity contribution in [3.63, 3.8) is 0 Å². The average Bonchev–Trinajstić information content (AvgIpc) is 3.34. The van der Waals surface area contributed by atoms with Gasteiger partial charge < -0.3 is 4.98 Å². The van der Waals surface area contributed by atoms with Gasteiger partial charge in [0.05, 0.1) is 0 Å². The fourth-order valence-electron chi connectivity index (χ4n) is 6.04. The molecule has 1 heteroatoms. The summed E-state index contributed by atoms with van der Waals surface area (Å²) in [6, 6.07) is 4.70. The highest BCUT2D eigenvalue weighted by Gasteiger charge is 2.21. The molecular formula is C34H39N. The van der Waals surface area contributed by atoms with Crippen molar-refractivity contribution in [3.05, 3.63) is 117 Å². The van der Waals surface area contributed by atoms with Crippen LogP contribution in [0.3, 0.4) is 0 Å². The molecule has 0 radical (unpaired) electrons. The van der Waals surface area contributed by atoms with Crippen LogP contribution in [0.2, 0.25) is 0 Å². The van der Waals surface area contributed by atoms with Crippen molar-refractivity contribution in [2.75, 3.05) is 0 Å². The predicted molar refractivity (Wildman–Crippen MR) is 152 cm³/mol. The maximum absolute atomic E-state index is 4.23. The number of hydrogen-bond acceptors (Lipinski definition) is 0. The smallest absolute Gasteiger partial charge is 0.0265 e. The summed E-state index contributed by atoms with van der Waals surface area (Å²) in [6.45, 7) is 8.73. The van der Waals surface area contributed by atoms with Crippen LogP contribution in [0.5, 0.6) is 0 Å². The van der Waals surface area contributed by atoms with Crippen molar-refractivity contribution in [1.29, 1.82) is 0 Å². The summed E-state index contributed by atoms with van der Waals surface area (Å²) in [6.07, 6.45) is 31.2. The number of allylic oxidation sites excluding steroid dienone is 9. The quantitative estimate of drug-likeness (QED) is 0.397. The van der Waals surface area contributed by atoms with Crippen LogP contribution in [-0.4, -0.2) is 4.98 Å². The number of nitrogens with one attached hydrogen (secondary N) is 1. The first-order chi connectivity index (χ1) is 17.1. The van der Waals surface area contributed by atoms with Gasteiger partial charge in [-0.1, -0.05) is 73.8 Å². The summed E-state index contributed by atoms with van der Waals surface area (Å²) >= 11 is 0. The van der Waals surface area contributed by atoms with E-state index < -0.39 is 0 Å². The number of rotatable bonds is 7. The Morgan fingerprint density at radius 2 is 1.97 bits per heavy atom. The number of aromatic nitrogens is 1. The van der Waals surface area contributed by atoms with Gasteiger partial charge in [0.15, 0.2) is 0 Å². The Morgan fingerprint density at radius 3 is 2.86 bits per heavy atom. The maximum atomic E-state index is 4.23. The minimum absolute atomic E-state index is 0.632. The van der Waals surface area contributed by atoms with Gasteiger partial charge in [0.1, 0.15) is 0 Å². The van der Waals surface area contributed by atoms with Gasteiger partial charge in [-0.15, -0.1) is 0 Å². The Labute approximate surface area is 211 Å². The summed E-state index contributed by atoms with van der Waals surface area (Å²) < 4.78 is 0. The summed E-state index contributed by atoms with van der Waals surface area (Å²) in [5.74, 6) is 0.632. The minimum atomic E-state index is 0.632. The molecule has 3 aliphatic rings. The second-order valence-electron chi connectivity index (χ2n) is 10.7. The van der Waals surface area contributed by atoms with E-state index in [0.29, 0.717) is 5.92 Å². The average molecular weight is 462 g/mol. The lowest BCUT2D eigenvalue weighted by atomic mass is 9.79. The molecule has 0 bridgehead atoms.